The summed E-state index contributed by atoms with van der Waals surface area (Å²) in [5.74, 6) is -0.298. The van der Waals surface area contributed by atoms with Crippen LogP contribution in [-0.4, -0.2) is 87.8 Å². The van der Waals surface area contributed by atoms with Gasteiger partial charge in [0.1, 0.15) is 6.61 Å². The number of aliphatic hydroxyl groups excluding tert-OH is 1. The fraction of sp³-hybridized carbons (Fsp3) is 0.952. The summed E-state index contributed by atoms with van der Waals surface area (Å²) in [5.41, 5.74) is 0. The van der Waals surface area contributed by atoms with Crippen molar-refractivity contribution >= 4 is 21.9 Å². The van der Waals surface area contributed by atoms with Gasteiger partial charge in [-0.15, -0.1) is 0 Å². The van der Waals surface area contributed by atoms with E-state index >= 15 is 0 Å². The Morgan fingerprint density at radius 1 is 1.13 bits per heavy atom. The highest BCUT2D eigenvalue weighted by atomic mass is 79.9. The highest BCUT2D eigenvalue weighted by molar-refractivity contribution is 9.09. The number of methoxy groups -OCH3 is 1. The Hall–Kier alpha value is -0.290. The van der Waals surface area contributed by atoms with Gasteiger partial charge in [-0.2, -0.15) is 0 Å². The zero-order chi connectivity index (χ0) is 21.8. The molecule has 1 heterocycles. The van der Waals surface area contributed by atoms with E-state index in [1.54, 1.807) is 7.11 Å². The summed E-state index contributed by atoms with van der Waals surface area (Å²) < 4.78 is 33.2. The number of hydrogen-bond acceptors (Lipinski definition) is 8. The second kappa shape index (κ2) is 14.0. The molecule has 0 amide bonds. The summed E-state index contributed by atoms with van der Waals surface area (Å²) in [6.45, 7) is 4.85. The number of aliphatic hydroxyl groups is 1. The molecular weight excluding hydrogens is 460 g/mol. The smallest absolute Gasteiger partial charge is 0.306 e. The van der Waals surface area contributed by atoms with Crippen LogP contribution in [0.3, 0.4) is 0 Å². The van der Waals surface area contributed by atoms with E-state index in [-0.39, 0.29) is 37.1 Å². The van der Waals surface area contributed by atoms with Crippen molar-refractivity contribution in [2.45, 2.75) is 55.7 Å². The Labute approximate surface area is 188 Å². The summed E-state index contributed by atoms with van der Waals surface area (Å²) in [6, 6.07) is 0. The Bertz CT molecular complexity index is 494. The monoisotopic (exact) mass is 496 g/mol. The number of carbonyl (C=O) groups is 1. The van der Waals surface area contributed by atoms with Crippen molar-refractivity contribution in [3.63, 3.8) is 0 Å². The Kier molecular flexibility index (Phi) is 12.1. The predicted molar refractivity (Wildman–Crippen MR) is 114 cm³/mol. The van der Waals surface area contributed by atoms with Crippen molar-refractivity contribution in [1.29, 1.82) is 0 Å². The van der Waals surface area contributed by atoms with Crippen LogP contribution >= 0.6 is 15.9 Å². The molecule has 5 unspecified atom stereocenters. The highest BCUT2D eigenvalue weighted by Gasteiger charge is 2.57. The minimum atomic E-state index is -0.553. The van der Waals surface area contributed by atoms with Gasteiger partial charge in [0, 0.05) is 30.7 Å². The molecule has 30 heavy (non-hydrogen) atoms. The van der Waals surface area contributed by atoms with Crippen LogP contribution in [0.15, 0.2) is 0 Å². The highest BCUT2D eigenvalue weighted by Crippen LogP contribution is 2.53. The van der Waals surface area contributed by atoms with Crippen LogP contribution in [-0.2, 0) is 33.2 Å². The lowest BCUT2D eigenvalue weighted by atomic mass is 9.87. The molecule has 2 fully saturated rings. The van der Waals surface area contributed by atoms with Crippen molar-refractivity contribution in [2.75, 3.05) is 60.0 Å². The molecule has 1 aliphatic heterocycles. The minimum absolute atomic E-state index is 0.0148. The third kappa shape index (κ3) is 7.69. The van der Waals surface area contributed by atoms with E-state index in [0.29, 0.717) is 50.9 Å². The molecule has 1 N–H and O–H groups in total. The molecule has 0 aromatic heterocycles. The van der Waals surface area contributed by atoms with E-state index in [2.05, 4.69) is 22.9 Å². The summed E-state index contributed by atoms with van der Waals surface area (Å²) in [5, 5.41) is 8.58. The van der Waals surface area contributed by atoms with Crippen molar-refractivity contribution in [1.82, 2.24) is 0 Å². The number of ether oxygens (including phenoxy) is 6. The van der Waals surface area contributed by atoms with Crippen LogP contribution in [0.4, 0.5) is 0 Å². The molecule has 5 atom stereocenters. The van der Waals surface area contributed by atoms with Gasteiger partial charge in [0.05, 0.1) is 52.4 Å². The van der Waals surface area contributed by atoms with Crippen molar-refractivity contribution in [2.24, 2.45) is 11.8 Å². The Morgan fingerprint density at radius 3 is 2.37 bits per heavy atom. The third-order valence-electron chi connectivity index (χ3n) is 5.87. The van der Waals surface area contributed by atoms with Crippen LogP contribution in [0, 0.1) is 11.8 Å². The largest absolute Gasteiger partial charge is 0.463 e. The Morgan fingerprint density at radius 2 is 1.77 bits per heavy atom. The molecule has 2 rings (SSSR count). The molecule has 1 saturated heterocycles. The summed E-state index contributed by atoms with van der Waals surface area (Å²) >= 11 is 3.70. The predicted octanol–water partition coefficient (Wildman–Crippen LogP) is 2.29. The molecule has 8 nitrogen and oxygen atoms in total. The zero-order valence-corrected chi connectivity index (χ0v) is 19.8. The maximum Gasteiger partial charge on any atom is 0.306 e. The summed E-state index contributed by atoms with van der Waals surface area (Å²) in [4.78, 5) is 12.6. The molecule has 0 aromatic carbocycles. The maximum absolute atomic E-state index is 12.3. The lowest BCUT2D eigenvalue weighted by Gasteiger charge is -2.29. The van der Waals surface area contributed by atoms with Crippen LogP contribution < -0.4 is 0 Å². The van der Waals surface area contributed by atoms with Gasteiger partial charge in [0.15, 0.2) is 5.79 Å². The van der Waals surface area contributed by atoms with Crippen molar-refractivity contribution < 1.29 is 38.3 Å². The number of hydrogen-bond donors (Lipinski definition) is 1. The van der Waals surface area contributed by atoms with E-state index in [1.165, 1.54) is 0 Å². The van der Waals surface area contributed by atoms with Crippen molar-refractivity contribution in [3.05, 3.63) is 0 Å². The normalized spacial score (nSPS) is 29.1. The number of carbonyl (C=O) groups excluding carboxylic acids is 1. The van der Waals surface area contributed by atoms with E-state index in [1.807, 2.05) is 0 Å². The fourth-order valence-corrected chi connectivity index (χ4v) is 4.65. The van der Waals surface area contributed by atoms with Gasteiger partial charge in [0.25, 0.3) is 0 Å². The van der Waals surface area contributed by atoms with E-state index < -0.39 is 5.79 Å². The third-order valence-corrected chi connectivity index (χ3v) is 7.11. The standard InChI is InChI=1S/C21H37BrO8/c1-3-18(22)19-15-17-16(4-5-21(17,25-2)30-19)14-20(24)29-13-12-28-11-10-27-9-8-26-7-6-23/h16-19,23H,3-15H2,1-2H3. The average molecular weight is 497 g/mol. The average Bonchev–Trinajstić information content (AvgIpc) is 3.29. The fourth-order valence-electron chi connectivity index (χ4n) is 4.33. The van der Waals surface area contributed by atoms with Gasteiger partial charge >= 0.3 is 5.97 Å². The van der Waals surface area contributed by atoms with Gasteiger partial charge < -0.3 is 33.5 Å². The summed E-state index contributed by atoms with van der Waals surface area (Å²) in [7, 11) is 1.70. The van der Waals surface area contributed by atoms with Gasteiger partial charge in [-0.3, -0.25) is 4.79 Å². The first-order valence-electron chi connectivity index (χ1n) is 10.9. The molecular formula is C21H37BrO8. The second-order valence-corrected chi connectivity index (χ2v) is 8.90. The number of halogens is 1. The minimum Gasteiger partial charge on any atom is -0.463 e. The van der Waals surface area contributed by atoms with Gasteiger partial charge in [-0.1, -0.05) is 22.9 Å². The second-order valence-electron chi connectivity index (χ2n) is 7.72. The quantitative estimate of drug-likeness (QED) is 0.197. The molecule has 0 radical (unpaired) electrons. The molecule has 0 aromatic rings. The molecule has 0 spiro atoms. The first kappa shape index (κ1) is 26.0. The number of rotatable bonds is 16. The topological polar surface area (TPSA) is 92.7 Å². The van der Waals surface area contributed by atoms with Crippen LogP contribution in [0.25, 0.3) is 0 Å². The number of esters is 1. The molecule has 9 heteroatoms. The van der Waals surface area contributed by atoms with E-state index in [0.717, 1.165) is 25.7 Å². The maximum atomic E-state index is 12.3. The van der Waals surface area contributed by atoms with E-state index in [9.17, 15) is 4.79 Å². The first-order chi connectivity index (χ1) is 14.6. The molecule has 2 aliphatic rings. The van der Waals surface area contributed by atoms with Gasteiger partial charge in [0.2, 0.25) is 0 Å². The lowest BCUT2D eigenvalue weighted by Crippen LogP contribution is -2.36. The first-order valence-corrected chi connectivity index (χ1v) is 11.8. The van der Waals surface area contributed by atoms with Crippen molar-refractivity contribution in [3.8, 4) is 0 Å². The number of fused-ring (bicyclic) bond motifs is 1. The van der Waals surface area contributed by atoms with Crippen LogP contribution in [0.2, 0.25) is 0 Å². The molecule has 176 valence electrons. The Balaban J connectivity index is 1.57. The molecule has 1 aliphatic carbocycles. The summed E-state index contributed by atoms with van der Waals surface area (Å²) in [6.07, 6.45) is 4.14. The molecule has 0 bridgehead atoms. The van der Waals surface area contributed by atoms with E-state index in [4.69, 9.17) is 33.5 Å². The van der Waals surface area contributed by atoms with Crippen LogP contribution in [0.1, 0.15) is 39.0 Å². The number of alkyl halides is 1. The van der Waals surface area contributed by atoms with Gasteiger partial charge in [-0.05, 0) is 25.2 Å². The zero-order valence-electron chi connectivity index (χ0n) is 18.2. The van der Waals surface area contributed by atoms with Crippen LogP contribution in [0.5, 0.6) is 0 Å². The SMILES string of the molecule is CCC(Br)C1CC2C(CC(=O)OCCOCCOCCOCCO)CCC2(OC)O1. The molecule has 1 saturated carbocycles. The lowest BCUT2D eigenvalue weighted by molar-refractivity contribution is -0.223. The van der Waals surface area contributed by atoms with Gasteiger partial charge in [-0.25, -0.2) is 0 Å².